The molecule has 1 aromatic heterocycles. The molecule has 0 saturated heterocycles. The Hall–Kier alpha value is -2.26. The van der Waals surface area contributed by atoms with Crippen LogP contribution in [-0.4, -0.2) is 16.6 Å². The molecule has 1 heterocycles. The van der Waals surface area contributed by atoms with Crippen molar-refractivity contribution in [3.05, 3.63) is 41.3 Å². The van der Waals surface area contributed by atoms with Gasteiger partial charge in [0.1, 0.15) is 5.69 Å². The zero-order valence-corrected chi connectivity index (χ0v) is 12.0. The highest BCUT2D eigenvalue weighted by Gasteiger charge is 2.37. The molecule has 7 heteroatoms. The molecule has 1 saturated carbocycles. The van der Waals surface area contributed by atoms with Crippen molar-refractivity contribution in [3.8, 4) is 23.1 Å². The first-order chi connectivity index (χ1) is 10.6. The third-order valence-corrected chi connectivity index (χ3v) is 3.64. The Labute approximate surface area is 130 Å². The minimum atomic E-state index is -0.688. The summed E-state index contributed by atoms with van der Waals surface area (Å²) in [6.07, 6.45) is 1.71. The van der Waals surface area contributed by atoms with Crippen molar-refractivity contribution < 1.29 is 13.5 Å². The highest BCUT2D eigenvalue weighted by Crippen LogP contribution is 2.38. The van der Waals surface area contributed by atoms with E-state index < -0.39 is 11.6 Å². The van der Waals surface area contributed by atoms with Crippen LogP contribution in [0.25, 0.3) is 11.3 Å². The first kappa shape index (κ1) is 14.7. The molecule has 22 heavy (non-hydrogen) atoms. The molecule has 0 N–H and O–H groups in total. The van der Waals surface area contributed by atoms with E-state index in [9.17, 15) is 8.78 Å². The second-order valence-electron chi connectivity index (χ2n) is 5.02. The molecule has 2 aromatic rings. The van der Waals surface area contributed by atoms with Crippen LogP contribution in [0, 0.1) is 34.8 Å². The van der Waals surface area contributed by atoms with Crippen LogP contribution in [0.2, 0.25) is 5.28 Å². The largest absolute Gasteiger partial charge is 0.490 e. The summed E-state index contributed by atoms with van der Waals surface area (Å²) in [6.45, 7) is 0.294. The van der Waals surface area contributed by atoms with Crippen molar-refractivity contribution in [2.45, 2.75) is 6.42 Å². The highest BCUT2D eigenvalue weighted by atomic mass is 35.5. The molecule has 1 aromatic carbocycles. The SMILES string of the molecule is N#CC1CC1COc1ccc(-c2nc(Cl)ncc2F)cc1F. The van der Waals surface area contributed by atoms with E-state index in [2.05, 4.69) is 16.0 Å². The smallest absolute Gasteiger partial charge is 0.223 e. The second-order valence-corrected chi connectivity index (χ2v) is 5.36. The Bertz CT molecular complexity index is 763. The van der Waals surface area contributed by atoms with Crippen LogP contribution in [0.3, 0.4) is 0 Å². The molecule has 1 aliphatic rings. The van der Waals surface area contributed by atoms with E-state index in [1.165, 1.54) is 12.1 Å². The van der Waals surface area contributed by atoms with E-state index in [-0.39, 0.29) is 34.1 Å². The van der Waals surface area contributed by atoms with Gasteiger partial charge in [0.05, 0.1) is 24.8 Å². The molecule has 0 bridgehead atoms. The predicted octanol–water partition coefficient (Wildman–Crippen LogP) is 3.61. The van der Waals surface area contributed by atoms with Gasteiger partial charge in [-0.3, -0.25) is 0 Å². The molecular weight excluding hydrogens is 312 g/mol. The molecule has 0 aliphatic heterocycles. The summed E-state index contributed by atoms with van der Waals surface area (Å²) in [7, 11) is 0. The van der Waals surface area contributed by atoms with E-state index in [4.69, 9.17) is 21.6 Å². The van der Waals surface area contributed by atoms with Crippen LogP contribution >= 0.6 is 11.6 Å². The minimum absolute atomic E-state index is 0.000379. The van der Waals surface area contributed by atoms with Crippen LogP contribution in [0.4, 0.5) is 8.78 Å². The monoisotopic (exact) mass is 321 g/mol. The zero-order valence-electron chi connectivity index (χ0n) is 11.3. The number of nitriles is 1. The molecule has 2 unspecified atom stereocenters. The second kappa shape index (κ2) is 5.85. The fourth-order valence-electron chi connectivity index (χ4n) is 2.10. The Morgan fingerprint density at radius 1 is 1.36 bits per heavy atom. The first-order valence-corrected chi connectivity index (χ1v) is 6.96. The normalized spacial score (nSPS) is 19.5. The van der Waals surface area contributed by atoms with Gasteiger partial charge in [-0.25, -0.2) is 18.7 Å². The number of nitrogens with zero attached hydrogens (tertiary/aromatic N) is 3. The van der Waals surface area contributed by atoms with Gasteiger partial charge in [0.2, 0.25) is 5.28 Å². The van der Waals surface area contributed by atoms with Gasteiger partial charge in [-0.2, -0.15) is 5.26 Å². The van der Waals surface area contributed by atoms with Gasteiger partial charge in [0, 0.05) is 11.5 Å². The standard InChI is InChI=1S/C15H10ClF2N3O/c16-15-20-6-12(18)14(21-15)8-1-2-13(11(17)4-8)22-7-10-3-9(10)5-19/h1-2,4,6,9-10H,3,7H2. The number of hydrogen-bond acceptors (Lipinski definition) is 4. The van der Waals surface area contributed by atoms with Crippen LogP contribution in [0.15, 0.2) is 24.4 Å². The summed E-state index contributed by atoms with van der Waals surface area (Å²) in [4.78, 5) is 7.27. The predicted molar refractivity (Wildman–Crippen MR) is 75.1 cm³/mol. The molecule has 3 rings (SSSR count). The average molecular weight is 322 g/mol. The number of hydrogen-bond donors (Lipinski definition) is 0. The van der Waals surface area contributed by atoms with E-state index in [1.54, 1.807) is 0 Å². The van der Waals surface area contributed by atoms with Crippen molar-refractivity contribution in [3.63, 3.8) is 0 Å². The van der Waals surface area contributed by atoms with Crippen LogP contribution < -0.4 is 4.74 Å². The van der Waals surface area contributed by atoms with Crippen LogP contribution in [0.5, 0.6) is 5.75 Å². The van der Waals surface area contributed by atoms with E-state index in [1.807, 2.05) is 0 Å². The maximum atomic E-state index is 14.0. The molecule has 0 radical (unpaired) electrons. The summed E-state index contributed by atoms with van der Waals surface area (Å²) in [5, 5.41) is 8.58. The fourth-order valence-corrected chi connectivity index (χ4v) is 2.23. The number of benzene rings is 1. The summed E-state index contributed by atoms with van der Waals surface area (Å²) < 4.78 is 33.1. The van der Waals surface area contributed by atoms with Gasteiger partial charge in [-0.1, -0.05) is 0 Å². The summed E-state index contributed by atoms with van der Waals surface area (Å²) in [6, 6.07) is 6.17. The van der Waals surface area contributed by atoms with Gasteiger partial charge in [0.25, 0.3) is 0 Å². The molecule has 2 atom stereocenters. The first-order valence-electron chi connectivity index (χ1n) is 6.59. The zero-order chi connectivity index (χ0) is 15.7. The minimum Gasteiger partial charge on any atom is -0.490 e. The fraction of sp³-hybridized carbons (Fsp3) is 0.267. The number of aromatic nitrogens is 2. The third kappa shape index (κ3) is 3.00. The van der Waals surface area contributed by atoms with Crippen molar-refractivity contribution in [1.82, 2.24) is 9.97 Å². The maximum Gasteiger partial charge on any atom is 0.223 e. The molecule has 1 fully saturated rings. The van der Waals surface area contributed by atoms with Crippen molar-refractivity contribution in [2.75, 3.05) is 6.61 Å². The number of rotatable bonds is 4. The van der Waals surface area contributed by atoms with Crippen LogP contribution in [0.1, 0.15) is 6.42 Å². The summed E-state index contributed by atoms with van der Waals surface area (Å²) in [5.41, 5.74) is 0.171. The van der Waals surface area contributed by atoms with E-state index in [0.29, 0.717) is 6.61 Å². The molecule has 1 aliphatic carbocycles. The van der Waals surface area contributed by atoms with Crippen LogP contribution in [-0.2, 0) is 0 Å². The molecule has 112 valence electrons. The maximum absolute atomic E-state index is 14.0. The van der Waals surface area contributed by atoms with Crippen molar-refractivity contribution >= 4 is 11.6 Å². The highest BCUT2D eigenvalue weighted by molar-refractivity contribution is 6.28. The Balaban J connectivity index is 1.77. The van der Waals surface area contributed by atoms with E-state index in [0.717, 1.165) is 18.7 Å². The van der Waals surface area contributed by atoms with Gasteiger partial charge >= 0.3 is 0 Å². The lowest BCUT2D eigenvalue weighted by Gasteiger charge is -2.08. The quantitative estimate of drug-likeness (QED) is 0.807. The Morgan fingerprint density at radius 2 is 2.18 bits per heavy atom. The lowest BCUT2D eigenvalue weighted by molar-refractivity contribution is 0.282. The van der Waals surface area contributed by atoms with Crippen molar-refractivity contribution in [2.24, 2.45) is 11.8 Å². The molecule has 0 spiro atoms. The molecular formula is C15H10ClF2N3O. The van der Waals surface area contributed by atoms with Gasteiger partial charge in [0.15, 0.2) is 17.4 Å². The summed E-state index contributed by atoms with van der Waals surface area (Å²) in [5.74, 6) is -1.09. The summed E-state index contributed by atoms with van der Waals surface area (Å²) >= 11 is 5.62. The van der Waals surface area contributed by atoms with Gasteiger partial charge < -0.3 is 4.74 Å². The lowest BCUT2D eigenvalue weighted by atomic mass is 10.1. The molecule has 0 amide bonds. The lowest BCUT2D eigenvalue weighted by Crippen LogP contribution is -2.02. The topological polar surface area (TPSA) is 58.8 Å². The third-order valence-electron chi connectivity index (χ3n) is 3.46. The Morgan fingerprint density at radius 3 is 2.86 bits per heavy atom. The number of halogens is 3. The van der Waals surface area contributed by atoms with Crippen molar-refractivity contribution in [1.29, 1.82) is 5.26 Å². The molecule has 4 nitrogen and oxygen atoms in total. The van der Waals surface area contributed by atoms with Gasteiger partial charge in [-0.05, 0) is 36.2 Å². The van der Waals surface area contributed by atoms with E-state index >= 15 is 0 Å². The Kier molecular flexibility index (Phi) is 3.90. The average Bonchev–Trinajstić information content (AvgIpc) is 3.27. The number of ether oxygens (including phenoxy) is 1. The van der Waals surface area contributed by atoms with Gasteiger partial charge in [-0.15, -0.1) is 0 Å².